The minimum Gasteiger partial charge on any atom is -0.496 e. The van der Waals surface area contributed by atoms with Gasteiger partial charge in [-0.15, -0.1) is 0 Å². The Kier molecular flexibility index (Phi) is 6.18. The predicted octanol–water partition coefficient (Wildman–Crippen LogP) is 3.09. The van der Waals surface area contributed by atoms with Gasteiger partial charge in [0, 0.05) is 32.7 Å². The van der Waals surface area contributed by atoms with Crippen LogP contribution in [-0.2, 0) is 6.54 Å². The topological polar surface area (TPSA) is 76.7 Å². The first-order valence-corrected chi connectivity index (χ1v) is 10.2. The van der Waals surface area contributed by atoms with Crippen molar-refractivity contribution in [2.45, 2.75) is 6.54 Å². The van der Waals surface area contributed by atoms with Crippen molar-refractivity contribution < 1.29 is 13.9 Å². The third-order valence-electron chi connectivity index (χ3n) is 5.42. The van der Waals surface area contributed by atoms with Crippen LogP contribution < -0.4 is 25.0 Å². The standard InChI is InChI=1S/C23H26FN5O2/c1-30-20-8-5-9-21(31-2)22(20)18-14-16(15-25)26-23(27-18)29-12-10-28(11-13-29)19-7-4-3-6-17(19)24/h3-9,14H,10-13,15,25H2,1-2H3. The number of hydrogen-bond donors (Lipinski definition) is 1. The van der Waals surface area contributed by atoms with E-state index in [1.165, 1.54) is 6.07 Å². The lowest BCUT2D eigenvalue weighted by molar-refractivity contribution is 0.397. The van der Waals surface area contributed by atoms with Crippen molar-refractivity contribution >= 4 is 11.6 Å². The maximum absolute atomic E-state index is 14.2. The Morgan fingerprint density at radius 1 is 0.903 bits per heavy atom. The Hall–Kier alpha value is -3.39. The van der Waals surface area contributed by atoms with Crippen LogP contribution in [0.4, 0.5) is 16.0 Å². The van der Waals surface area contributed by atoms with Crippen LogP contribution in [0.1, 0.15) is 5.69 Å². The van der Waals surface area contributed by atoms with E-state index in [-0.39, 0.29) is 12.4 Å². The van der Waals surface area contributed by atoms with Crippen LogP contribution in [0.25, 0.3) is 11.3 Å². The summed E-state index contributed by atoms with van der Waals surface area (Å²) in [5, 5.41) is 0. The van der Waals surface area contributed by atoms with Crippen LogP contribution in [0.15, 0.2) is 48.5 Å². The fraction of sp³-hybridized carbons (Fsp3) is 0.304. The summed E-state index contributed by atoms with van der Waals surface area (Å²) in [4.78, 5) is 13.6. The van der Waals surface area contributed by atoms with Gasteiger partial charge in [-0.1, -0.05) is 18.2 Å². The van der Waals surface area contributed by atoms with Crippen LogP contribution in [0.5, 0.6) is 11.5 Å². The summed E-state index contributed by atoms with van der Waals surface area (Å²) in [5.41, 5.74) is 8.73. The zero-order valence-corrected chi connectivity index (χ0v) is 17.7. The second-order valence-electron chi connectivity index (χ2n) is 7.21. The molecule has 0 unspecified atom stereocenters. The molecular formula is C23H26FN5O2. The number of methoxy groups -OCH3 is 2. The molecule has 1 aliphatic heterocycles. The average molecular weight is 423 g/mol. The van der Waals surface area contributed by atoms with Crippen molar-refractivity contribution in [2.75, 3.05) is 50.2 Å². The number of anilines is 2. The van der Waals surface area contributed by atoms with Gasteiger partial charge in [-0.2, -0.15) is 0 Å². The molecule has 7 nitrogen and oxygen atoms in total. The Morgan fingerprint density at radius 3 is 2.16 bits per heavy atom. The van der Waals surface area contributed by atoms with E-state index in [2.05, 4.69) is 9.88 Å². The molecule has 1 aromatic heterocycles. The SMILES string of the molecule is COc1cccc(OC)c1-c1cc(CN)nc(N2CCN(c3ccccc3F)CC2)n1. The van der Waals surface area contributed by atoms with Gasteiger partial charge in [-0.25, -0.2) is 14.4 Å². The molecule has 1 aliphatic rings. The van der Waals surface area contributed by atoms with Gasteiger partial charge in [0.25, 0.3) is 0 Å². The molecule has 0 spiro atoms. The van der Waals surface area contributed by atoms with Gasteiger partial charge in [0.2, 0.25) is 5.95 Å². The number of rotatable bonds is 6. The molecule has 162 valence electrons. The van der Waals surface area contributed by atoms with Gasteiger partial charge in [-0.05, 0) is 30.3 Å². The van der Waals surface area contributed by atoms with Crippen molar-refractivity contribution in [1.29, 1.82) is 0 Å². The molecular weight excluding hydrogens is 397 g/mol. The summed E-state index contributed by atoms with van der Waals surface area (Å²) in [6.45, 7) is 2.97. The Bertz CT molecular complexity index is 1030. The van der Waals surface area contributed by atoms with Crippen molar-refractivity contribution in [3.05, 3.63) is 60.0 Å². The molecule has 31 heavy (non-hydrogen) atoms. The molecule has 2 aromatic carbocycles. The summed E-state index contributed by atoms with van der Waals surface area (Å²) < 4.78 is 25.3. The molecule has 4 rings (SSSR count). The van der Waals surface area contributed by atoms with E-state index < -0.39 is 0 Å². The Balaban J connectivity index is 1.63. The van der Waals surface area contributed by atoms with E-state index in [1.54, 1.807) is 20.3 Å². The molecule has 8 heteroatoms. The quantitative estimate of drug-likeness (QED) is 0.653. The fourth-order valence-electron chi connectivity index (χ4n) is 3.82. The normalized spacial score (nSPS) is 13.9. The molecule has 1 fully saturated rings. The van der Waals surface area contributed by atoms with Crippen molar-refractivity contribution in [3.8, 4) is 22.8 Å². The fourth-order valence-corrected chi connectivity index (χ4v) is 3.82. The lowest BCUT2D eigenvalue weighted by atomic mass is 10.1. The minimum atomic E-state index is -0.206. The van der Waals surface area contributed by atoms with Crippen molar-refractivity contribution in [1.82, 2.24) is 9.97 Å². The van der Waals surface area contributed by atoms with E-state index in [9.17, 15) is 4.39 Å². The molecule has 0 aliphatic carbocycles. The third-order valence-corrected chi connectivity index (χ3v) is 5.42. The number of aromatic nitrogens is 2. The summed E-state index contributed by atoms with van der Waals surface area (Å²) in [6.07, 6.45) is 0. The number of nitrogens with two attached hydrogens (primary N) is 1. The largest absolute Gasteiger partial charge is 0.496 e. The Morgan fingerprint density at radius 2 is 1.55 bits per heavy atom. The number of halogens is 1. The second kappa shape index (κ2) is 9.18. The third kappa shape index (κ3) is 4.25. The smallest absolute Gasteiger partial charge is 0.226 e. The number of hydrogen-bond acceptors (Lipinski definition) is 7. The first-order chi connectivity index (χ1) is 15.1. The van der Waals surface area contributed by atoms with Gasteiger partial charge in [0.1, 0.15) is 17.3 Å². The van der Waals surface area contributed by atoms with Crippen molar-refractivity contribution in [3.63, 3.8) is 0 Å². The molecule has 0 bridgehead atoms. The van der Waals surface area contributed by atoms with Crippen LogP contribution in [0, 0.1) is 5.82 Å². The highest BCUT2D eigenvalue weighted by Crippen LogP contribution is 2.38. The highest BCUT2D eigenvalue weighted by molar-refractivity contribution is 5.75. The lowest BCUT2D eigenvalue weighted by Crippen LogP contribution is -2.47. The molecule has 3 aromatic rings. The van der Waals surface area contributed by atoms with E-state index in [0.717, 1.165) is 11.3 Å². The average Bonchev–Trinajstić information content (AvgIpc) is 2.83. The van der Waals surface area contributed by atoms with Crippen LogP contribution in [0.2, 0.25) is 0 Å². The minimum absolute atomic E-state index is 0.206. The van der Waals surface area contributed by atoms with Crippen LogP contribution in [0.3, 0.4) is 0 Å². The molecule has 2 heterocycles. The van der Waals surface area contributed by atoms with Gasteiger partial charge < -0.3 is 25.0 Å². The number of nitrogens with zero attached hydrogens (tertiary/aromatic N) is 4. The second-order valence-corrected chi connectivity index (χ2v) is 7.21. The lowest BCUT2D eigenvalue weighted by Gasteiger charge is -2.36. The van der Waals surface area contributed by atoms with E-state index in [4.69, 9.17) is 20.2 Å². The highest BCUT2D eigenvalue weighted by Gasteiger charge is 2.23. The number of ether oxygens (including phenoxy) is 2. The summed E-state index contributed by atoms with van der Waals surface area (Å²) in [7, 11) is 3.23. The van der Waals surface area contributed by atoms with Crippen molar-refractivity contribution in [2.24, 2.45) is 5.73 Å². The number of piperazine rings is 1. The zero-order chi connectivity index (χ0) is 21.8. The zero-order valence-electron chi connectivity index (χ0n) is 17.7. The first kappa shape index (κ1) is 20.9. The van der Waals surface area contributed by atoms with Gasteiger partial charge >= 0.3 is 0 Å². The Labute approximate surface area is 181 Å². The molecule has 1 saturated heterocycles. The van der Waals surface area contributed by atoms with Gasteiger partial charge in [0.05, 0.1) is 36.9 Å². The summed E-state index contributed by atoms with van der Waals surface area (Å²) in [6, 6.07) is 14.3. The summed E-state index contributed by atoms with van der Waals surface area (Å²) >= 11 is 0. The molecule has 0 radical (unpaired) electrons. The maximum Gasteiger partial charge on any atom is 0.226 e. The van der Waals surface area contributed by atoms with Gasteiger partial charge in [0.15, 0.2) is 0 Å². The maximum atomic E-state index is 14.2. The number of para-hydroxylation sites is 1. The summed E-state index contributed by atoms with van der Waals surface area (Å²) in [5.74, 6) is 1.72. The van der Waals surface area contributed by atoms with Gasteiger partial charge in [-0.3, -0.25) is 0 Å². The first-order valence-electron chi connectivity index (χ1n) is 10.2. The molecule has 0 saturated carbocycles. The highest BCUT2D eigenvalue weighted by atomic mass is 19.1. The monoisotopic (exact) mass is 423 g/mol. The predicted molar refractivity (Wildman–Crippen MR) is 119 cm³/mol. The van der Waals surface area contributed by atoms with Crippen LogP contribution in [-0.4, -0.2) is 50.4 Å². The molecule has 2 N–H and O–H groups in total. The van der Waals surface area contributed by atoms with E-state index in [1.807, 2.05) is 41.3 Å². The number of benzene rings is 2. The van der Waals surface area contributed by atoms with Crippen LogP contribution >= 0.6 is 0 Å². The van der Waals surface area contributed by atoms with E-state index >= 15 is 0 Å². The molecule has 0 amide bonds. The molecule has 0 atom stereocenters. The van der Waals surface area contributed by atoms with E-state index in [0.29, 0.717) is 55.0 Å².